The van der Waals surface area contributed by atoms with Gasteiger partial charge in [-0.3, -0.25) is 9.10 Å². The molecular weight excluding hydrogens is 372 g/mol. The van der Waals surface area contributed by atoms with E-state index in [0.29, 0.717) is 11.3 Å². The lowest BCUT2D eigenvalue weighted by Crippen LogP contribution is -2.43. The number of hydrogen-bond acceptors (Lipinski definition) is 3. The minimum atomic E-state index is -3.75. The molecule has 2 aromatic rings. The van der Waals surface area contributed by atoms with Crippen LogP contribution in [0.2, 0.25) is 0 Å². The van der Waals surface area contributed by atoms with E-state index in [0.717, 1.165) is 25.7 Å². The summed E-state index contributed by atoms with van der Waals surface area (Å²) in [7, 11) is -2.22. The standard InChI is InChI=1S/C22H28N2O3S/c1-17(2)24(20-13-7-8-14-20)22(25)18-10-9-15-21(16-18)28(26,27)23(3)19-11-5-4-6-12-19/h4-6,9-12,15-17,20H,7-8,13-14H2,1-3H3. The summed E-state index contributed by atoms with van der Waals surface area (Å²) in [5.41, 5.74) is 0.997. The number of para-hydroxylation sites is 1. The second-order valence-electron chi connectivity index (χ2n) is 7.58. The van der Waals surface area contributed by atoms with Gasteiger partial charge in [0, 0.05) is 24.7 Å². The molecule has 150 valence electrons. The van der Waals surface area contributed by atoms with Crippen LogP contribution in [0.5, 0.6) is 0 Å². The first-order valence-electron chi connectivity index (χ1n) is 9.79. The van der Waals surface area contributed by atoms with Crippen LogP contribution in [0.3, 0.4) is 0 Å². The second-order valence-corrected chi connectivity index (χ2v) is 9.55. The number of anilines is 1. The van der Waals surface area contributed by atoms with E-state index in [1.807, 2.05) is 24.8 Å². The monoisotopic (exact) mass is 400 g/mol. The molecule has 1 amide bonds. The fourth-order valence-corrected chi connectivity index (χ4v) is 5.12. The van der Waals surface area contributed by atoms with Crippen molar-refractivity contribution in [2.75, 3.05) is 11.4 Å². The molecule has 0 saturated heterocycles. The smallest absolute Gasteiger partial charge is 0.264 e. The van der Waals surface area contributed by atoms with Gasteiger partial charge in [0.1, 0.15) is 0 Å². The Labute approximate surface area is 168 Å². The van der Waals surface area contributed by atoms with E-state index in [4.69, 9.17) is 0 Å². The average Bonchev–Trinajstić information content (AvgIpc) is 3.22. The minimum Gasteiger partial charge on any atom is -0.333 e. The van der Waals surface area contributed by atoms with Crippen molar-refractivity contribution in [3.63, 3.8) is 0 Å². The third kappa shape index (κ3) is 4.07. The zero-order chi connectivity index (χ0) is 20.3. The molecule has 0 heterocycles. The summed E-state index contributed by atoms with van der Waals surface area (Å²) in [6.45, 7) is 4.03. The van der Waals surface area contributed by atoms with Crippen molar-refractivity contribution >= 4 is 21.6 Å². The van der Waals surface area contributed by atoms with Crippen LogP contribution in [-0.4, -0.2) is 38.4 Å². The molecule has 0 unspecified atom stereocenters. The maximum absolute atomic E-state index is 13.2. The van der Waals surface area contributed by atoms with Crippen LogP contribution in [0.4, 0.5) is 5.69 Å². The van der Waals surface area contributed by atoms with Crippen molar-refractivity contribution in [3.8, 4) is 0 Å². The van der Waals surface area contributed by atoms with E-state index in [1.54, 1.807) is 42.5 Å². The molecule has 1 aliphatic carbocycles. The summed E-state index contributed by atoms with van der Waals surface area (Å²) in [5.74, 6) is -0.0960. The first kappa shape index (κ1) is 20.4. The summed E-state index contributed by atoms with van der Waals surface area (Å²) in [4.78, 5) is 15.3. The SMILES string of the molecule is CC(C)N(C(=O)c1cccc(S(=O)(=O)N(C)c2ccccc2)c1)C1CCCC1. The second kappa shape index (κ2) is 8.35. The van der Waals surface area contributed by atoms with Crippen LogP contribution < -0.4 is 4.31 Å². The predicted octanol–water partition coefficient (Wildman–Crippen LogP) is 4.30. The van der Waals surface area contributed by atoms with E-state index in [2.05, 4.69) is 0 Å². The Hall–Kier alpha value is -2.34. The van der Waals surface area contributed by atoms with Crippen LogP contribution in [-0.2, 0) is 10.0 Å². The van der Waals surface area contributed by atoms with E-state index >= 15 is 0 Å². The predicted molar refractivity (Wildman–Crippen MR) is 112 cm³/mol. The van der Waals surface area contributed by atoms with Gasteiger partial charge in [0.05, 0.1) is 10.6 Å². The number of benzene rings is 2. The number of hydrogen-bond donors (Lipinski definition) is 0. The van der Waals surface area contributed by atoms with Gasteiger partial charge in [-0.25, -0.2) is 8.42 Å². The van der Waals surface area contributed by atoms with Crippen molar-refractivity contribution in [2.24, 2.45) is 0 Å². The van der Waals surface area contributed by atoms with Gasteiger partial charge in [-0.1, -0.05) is 37.1 Å². The summed E-state index contributed by atoms with van der Waals surface area (Å²) < 4.78 is 27.4. The molecule has 0 aromatic heterocycles. The Bertz CT molecular complexity index is 920. The molecule has 1 aliphatic rings. The Balaban J connectivity index is 1.92. The Morgan fingerprint density at radius 2 is 1.64 bits per heavy atom. The molecule has 0 bridgehead atoms. The van der Waals surface area contributed by atoms with Gasteiger partial charge in [0.15, 0.2) is 0 Å². The fraction of sp³-hybridized carbons (Fsp3) is 0.409. The molecule has 0 atom stereocenters. The zero-order valence-electron chi connectivity index (χ0n) is 16.7. The molecular formula is C22H28N2O3S. The summed E-state index contributed by atoms with van der Waals surface area (Å²) in [5, 5.41) is 0. The molecule has 1 saturated carbocycles. The first-order chi connectivity index (χ1) is 13.3. The molecule has 3 rings (SSSR count). The fourth-order valence-electron chi connectivity index (χ4n) is 3.88. The summed E-state index contributed by atoms with van der Waals surface area (Å²) in [6.07, 6.45) is 4.30. The van der Waals surface area contributed by atoms with Crippen molar-refractivity contribution in [2.45, 2.75) is 56.5 Å². The normalized spacial score (nSPS) is 15.0. The molecule has 0 N–H and O–H groups in total. The average molecular weight is 401 g/mol. The lowest BCUT2D eigenvalue weighted by molar-refractivity contribution is 0.0613. The van der Waals surface area contributed by atoms with Crippen molar-refractivity contribution in [1.29, 1.82) is 0 Å². The van der Waals surface area contributed by atoms with Crippen molar-refractivity contribution < 1.29 is 13.2 Å². The molecule has 28 heavy (non-hydrogen) atoms. The van der Waals surface area contributed by atoms with Crippen LogP contribution >= 0.6 is 0 Å². The maximum atomic E-state index is 13.2. The highest BCUT2D eigenvalue weighted by Gasteiger charge is 2.30. The lowest BCUT2D eigenvalue weighted by atomic mass is 10.1. The third-order valence-electron chi connectivity index (χ3n) is 5.37. The summed E-state index contributed by atoms with van der Waals surface area (Å²) >= 11 is 0. The molecule has 0 spiro atoms. The number of amides is 1. The quantitative estimate of drug-likeness (QED) is 0.726. The number of carbonyl (C=O) groups is 1. The third-order valence-corrected chi connectivity index (χ3v) is 7.15. The largest absolute Gasteiger partial charge is 0.333 e. The van der Waals surface area contributed by atoms with Gasteiger partial charge >= 0.3 is 0 Å². The highest BCUT2D eigenvalue weighted by atomic mass is 32.2. The Morgan fingerprint density at radius 1 is 1.00 bits per heavy atom. The molecule has 0 radical (unpaired) electrons. The Kier molecular flexibility index (Phi) is 6.08. The van der Waals surface area contributed by atoms with Gasteiger partial charge < -0.3 is 4.90 Å². The number of carbonyl (C=O) groups excluding carboxylic acids is 1. The van der Waals surface area contributed by atoms with Crippen LogP contribution in [0.15, 0.2) is 59.5 Å². The molecule has 1 fully saturated rings. The van der Waals surface area contributed by atoms with Crippen molar-refractivity contribution in [3.05, 3.63) is 60.2 Å². The first-order valence-corrected chi connectivity index (χ1v) is 11.2. The van der Waals surface area contributed by atoms with Gasteiger partial charge in [-0.15, -0.1) is 0 Å². The topological polar surface area (TPSA) is 57.7 Å². The summed E-state index contributed by atoms with van der Waals surface area (Å²) in [6, 6.07) is 15.6. The van der Waals surface area contributed by atoms with E-state index < -0.39 is 10.0 Å². The van der Waals surface area contributed by atoms with Crippen molar-refractivity contribution in [1.82, 2.24) is 4.90 Å². The highest BCUT2D eigenvalue weighted by Crippen LogP contribution is 2.28. The Morgan fingerprint density at radius 3 is 2.25 bits per heavy atom. The van der Waals surface area contributed by atoms with E-state index in [1.165, 1.54) is 17.4 Å². The lowest BCUT2D eigenvalue weighted by Gasteiger charge is -2.33. The highest BCUT2D eigenvalue weighted by molar-refractivity contribution is 7.92. The van der Waals surface area contributed by atoms with Gasteiger partial charge in [0.2, 0.25) is 0 Å². The van der Waals surface area contributed by atoms with Crippen LogP contribution in [0.1, 0.15) is 49.9 Å². The maximum Gasteiger partial charge on any atom is 0.264 e. The van der Waals surface area contributed by atoms with E-state index in [9.17, 15) is 13.2 Å². The molecule has 0 aliphatic heterocycles. The van der Waals surface area contributed by atoms with Gasteiger partial charge in [0.25, 0.3) is 15.9 Å². The number of sulfonamides is 1. The van der Waals surface area contributed by atoms with Crippen LogP contribution in [0, 0.1) is 0 Å². The van der Waals surface area contributed by atoms with E-state index in [-0.39, 0.29) is 22.9 Å². The van der Waals surface area contributed by atoms with Gasteiger partial charge in [-0.05, 0) is 57.0 Å². The number of nitrogens with zero attached hydrogens (tertiary/aromatic N) is 2. The number of rotatable bonds is 6. The molecule has 6 heteroatoms. The molecule has 5 nitrogen and oxygen atoms in total. The molecule has 2 aromatic carbocycles. The van der Waals surface area contributed by atoms with Crippen LogP contribution in [0.25, 0.3) is 0 Å². The van der Waals surface area contributed by atoms with Gasteiger partial charge in [-0.2, -0.15) is 0 Å². The zero-order valence-corrected chi connectivity index (χ0v) is 17.5. The minimum absolute atomic E-state index is 0.0721.